The second kappa shape index (κ2) is 5.50. The number of amides is 1. The van der Waals surface area contributed by atoms with E-state index in [1.54, 1.807) is 0 Å². The van der Waals surface area contributed by atoms with Crippen LogP contribution >= 0.6 is 0 Å². The Morgan fingerprint density at radius 1 is 1.44 bits per heavy atom. The van der Waals surface area contributed by atoms with Crippen molar-refractivity contribution in [1.29, 1.82) is 0 Å². The summed E-state index contributed by atoms with van der Waals surface area (Å²) in [5, 5.41) is 2.38. The van der Waals surface area contributed by atoms with Crippen LogP contribution in [0.5, 0.6) is 0 Å². The van der Waals surface area contributed by atoms with Gasteiger partial charge in [-0.15, -0.1) is 0 Å². The van der Waals surface area contributed by atoms with Gasteiger partial charge in [0, 0.05) is 17.7 Å². The molecule has 1 rings (SSSR count). The van der Waals surface area contributed by atoms with E-state index in [4.69, 9.17) is 5.73 Å². The van der Waals surface area contributed by atoms with Gasteiger partial charge in [-0.3, -0.25) is 4.79 Å². The average Bonchev–Trinajstić information content (AvgIpc) is 2.19. The van der Waals surface area contributed by atoms with Gasteiger partial charge in [0.25, 0.3) is 6.43 Å². The molecule has 0 aliphatic rings. The van der Waals surface area contributed by atoms with E-state index in [0.717, 1.165) is 6.07 Å². The number of halogens is 3. The normalized spacial score (nSPS) is 10.8. The Balaban J connectivity index is 2.64. The smallest absolute Gasteiger partial charge is 0.250 e. The van der Waals surface area contributed by atoms with Crippen LogP contribution in [0.4, 0.5) is 13.2 Å². The second-order valence-corrected chi connectivity index (χ2v) is 3.19. The predicted octanol–water partition coefficient (Wildman–Crippen LogP) is 1.28. The lowest BCUT2D eigenvalue weighted by Gasteiger charge is -2.06. The molecule has 0 bridgehead atoms. The topological polar surface area (TPSA) is 55.1 Å². The highest BCUT2D eigenvalue weighted by atomic mass is 19.3. The van der Waals surface area contributed by atoms with Crippen molar-refractivity contribution in [3.63, 3.8) is 0 Å². The molecule has 3 nitrogen and oxygen atoms in total. The van der Waals surface area contributed by atoms with Crippen molar-refractivity contribution in [1.82, 2.24) is 5.32 Å². The van der Waals surface area contributed by atoms with E-state index >= 15 is 0 Å². The summed E-state index contributed by atoms with van der Waals surface area (Å²) in [4.78, 5) is 10.7. The molecule has 1 aromatic rings. The molecule has 0 fully saturated rings. The number of rotatable bonds is 5. The van der Waals surface area contributed by atoms with Crippen LogP contribution in [0.1, 0.15) is 15.9 Å². The minimum Gasteiger partial charge on any atom is -0.366 e. The largest absolute Gasteiger partial charge is 0.366 e. The van der Waals surface area contributed by atoms with E-state index < -0.39 is 24.7 Å². The molecule has 16 heavy (non-hydrogen) atoms. The van der Waals surface area contributed by atoms with Crippen LogP contribution in [0.25, 0.3) is 0 Å². The fourth-order valence-electron chi connectivity index (χ4n) is 1.16. The maximum Gasteiger partial charge on any atom is 0.250 e. The molecule has 0 spiro atoms. The quantitative estimate of drug-likeness (QED) is 0.803. The summed E-state index contributed by atoms with van der Waals surface area (Å²) >= 11 is 0. The van der Waals surface area contributed by atoms with Crippen molar-refractivity contribution < 1.29 is 18.0 Å². The number of alkyl halides is 2. The van der Waals surface area contributed by atoms with Crippen molar-refractivity contribution in [3.05, 3.63) is 35.1 Å². The highest BCUT2D eigenvalue weighted by Gasteiger charge is 2.07. The molecule has 0 aromatic heterocycles. The molecular formula is C10H11F3N2O. The highest BCUT2D eigenvalue weighted by Crippen LogP contribution is 2.10. The lowest BCUT2D eigenvalue weighted by molar-refractivity contribution is 0.1000. The number of nitrogens with one attached hydrogen (secondary N) is 1. The summed E-state index contributed by atoms with van der Waals surface area (Å²) in [6.07, 6.45) is -2.48. The van der Waals surface area contributed by atoms with Crippen LogP contribution in [0.3, 0.4) is 0 Å². The molecule has 88 valence electrons. The van der Waals surface area contributed by atoms with E-state index in [1.165, 1.54) is 12.1 Å². The molecule has 6 heteroatoms. The number of nitrogens with two attached hydrogens (primary N) is 1. The molecule has 1 aromatic carbocycles. The molecule has 3 N–H and O–H groups in total. The van der Waals surface area contributed by atoms with Crippen molar-refractivity contribution in [2.45, 2.75) is 13.0 Å². The Morgan fingerprint density at radius 2 is 2.12 bits per heavy atom. The van der Waals surface area contributed by atoms with Crippen molar-refractivity contribution in [3.8, 4) is 0 Å². The first-order valence-corrected chi connectivity index (χ1v) is 4.58. The Morgan fingerprint density at radius 3 is 2.62 bits per heavy atom. The van der Waals surface area contributed by atoms with Gasteiger partial charge in [-0.2, -0.15) is 0 Å². The fraction of sp³-hybridized carbons (Fsp3) is 0.300. The molecule has 0 aliphatic carbocycles. The molecule has 0 aliphatic heterocycles. The molecule has 0 atom stereocenters. The van der Waals surface area contributed by atoms with E-state index in [0.29, 0.717) is 0 Å². The minimum atomic E-state index is -2.48. The first-order chi connectivity index (χ1) is 7.50. The minimum absolute atomic E-state index is 0.0186. The van der Waals surface area contributed by atoms with Crippen LogP contribution in [0.2, 0.25) is 0 Å². The van der Waals surface area contributed by atoms with Gasteiger partial charge in [-0.25, -0.2) is 13.2 Å². The third-order valence-corrected chi connectivity index (χ3v) is 1.95. The van der Waals surface area contributed by atoms with Gasteiger partial charge in [0.05, 0.1) is 6.54 Å². The number of primary amides is 1. The summed E-state index contributed by atoms with van der Waals surface area (Å²) in [6.45, 7) is -0.522. The summed E-state index contributed by atoms with van der Waals surface area (Å²) in [5.41, 5.74) is 5.22. The van der Waals surface area contributed by atoms with E-state index in [9.17, 15) is 18.0 Å². The first kappa shape index (κ1) is 12.5. The second-order valence-electron chi connectivity index (χ2n) is 3.19. The zero-order valence-corrected chi connectivity index (χ0v) is 8.34. The Labute approximate surface area is 90.4 Å². The van der Waals surface area contributed by atoms with Gasteiger partial charge in [0.1, 0.15) is 5.82 Å². The van der Waals surface area contributed by atoms with Gasteiger partial charge in [0.15, 0.2) is 0 Å². The van der Waals surface area contributed by atoms with Crippen LogP contribution in [-0.4, -0.2) is 18.9 Å². The van der Waals surface area contributed by atoms with Crippen molar-refractivity contribution in [2.24, 2.45) is 5.73 Å². The maximum absolute atomic E-state index is 13.3. The molecule has 0 unspecified atom stereocenters. The zero-order valence-electron chi connectivity index (χ0n) is 8.34. The van der Waals surface area contributed by atoms with E-state index in [-0.39, 0.29) is 17.7 Å². The molecule has 1 amide bonds. The van der Waals surface area contributed by atoms with Gasteiger partial charge in [0.2, 0.25) is 5.91 Å². The first-order valence-electron chi connectivity index (χ1n) is 4.58. The van der Waals surface area contributed by atoms with Gasteiger partial charge >= 0.3 is 0 Å². The summed E-state index contributed by atoms with van der Waals surface area (Å²) in [7, 11) is 0. The zero-order chi connectivity index (χ0) is 12.1. The number of carbonyl (C=O) groups excluding carboxylic acids is 1. The fourth-order valence-corrected chi connectivity index (χ4v) is 1.16. The molecule has 0 heterocycles. The Bertz CT molecular complexity index is 382. The van der Waals surface area contributed by atoms with Gasteiger partial charge in [-0.05, 0) is 12.1 Å². The SMILES string of the molecule is NC(=O)c1ccc(CNCC(F)F)c(F)c1. The van der Waals surface area contributed by atoms with Crippen LogP contribution in [-0.2, 0) is 6.54 Å². The number of hydrogen-bond acceptors (Lipinski definition) is 2. The summed E-state index contributed by atoms with van der Waals surface area (Å²) in [6, 6.07) is 3.68. The van der Waals surface area contributed by atoms with Crippen molar-refractivity contribution >= 4 is 5.91 Å². The Hall–Kier alpha value is -1.56. The summed E-state index contributed by atoms with van der Waals surface area (Å²) in [5.74, 6) is -1.37. The molecular weight excluding hydrogens is 221 g/mol. The summed E-state index contributed by atoms with van der Waals surface area (Å²) < 4.78 is 36.9. The molecule has 0 radical (unpaired) electrons. The van der Waals surface area contributed by atoms with Gasteiger partial charge in [-0.1, -0.05) is 6.07 Å². The van der Waals surface area contributed by atoms with Crippen LogP contribution in [0.15, 0.2) is 18.2 Å². The van der Waals surface area contributed by atoms with E-state index in [2.05, 4.69) is 5.32 Å². The van der Waals surface area contributed by atoms with Crippen LogP contribution < -0.4 is 11.1 Å². The lowest BCUT2D eigenvalue weighted by atomic mass is 10.1. The molecule has 0 saturated carbocycles. The third-order valence-electron chi connectivity index (χ3n) is 1.95. The number of hydrogen-bond donors (Lipinski definition) is 2. The molecule has 0 saturated heterocycles. The monoisotopic (exact) mass is 232 g/mol. The standard InChI is InChI=1S/C10H11F3N2O/c11-8-3-6(10(14)16)1-2-7(8)4-15-5-9(12)13/h1-3,9,15H,4-5H2,(H2,14,16). The third kappa shape index (κ3) is 3.54. The number of carbonyl (C=O) groups is 1. The Kier molecular flexibility index (Phi) is 4.30. The average molecular weight is 232 g/mol. The lowest BCUT2D eigenvalue weighted by Crippen LogP contribution is -2.21. The van der Waals surface area contributed by atoms with E-state index in [1.807, 2.05) is 0 Å². The number of benzene rings is 1. The predicted molar refractivity (Wildman–Crippen MR) is 52.6 cm³/mol. The highest BCUT2D eigenvalue weighted by molar-refractivity contribution is 5.92. The van der Waals surface area contributed by atoms with Crippen molar-refractivity contribution in [2.75, 3.05) is 6.54 Å². The van der Waals surface area contributed by atoms with Gasteiger partial charge < -0.3 is 11.1 Å². The maximum atomic E-state index is 13.3. The van der Waals surface area contributed by atoms with Crippen LogP contribution in [0, 0.1) is 5.82 Å².